The number of carbonyl (C=O) groups is 2. The Morgan fingerprint density at radius 2 is 1.88 bits per heavy atom. The van der Waals surface area contributed by atoms with Crippen molar-refractivity contribution in [2.24, 2.45) is 0 Å². The summed E-state index contributed by atoms with van der Waals surface area (Å²) in [5, 5.41) is 2.61. The third-order valence-corrected chi connectivity index (χ3v) is 3.42. The first kappa shape index (κ1) is 18.1. The molecule has 6 nitrogen and oxygen atoms in total. The van der Waals surface area contributed by atoms with Crippen LogP contribution in [0.5, 0.6) is 0 Å². The van der Waals surface area contributed by atoms with E-state index < -0.39 is 12.1 Å². The molecule has 2 aromatic carbocycles. The fourth-order valence-electron chi connectivity index (χ4n) is 2.12. The molecular weight excluding hydrogens is 320 g/mol. The zero-order valence-electron chi connectivity index (χ0n) is 13.9. The van der Waals surface area contributed by atoms with Gasteiger partial charge in [0.15, 0.2) is 0 Å². The highest BCUT2D eigenvalue weighted by Gasteiger charge is 2.11. The lowest BCUT2D eigenvalue weighted by molar-refractivity contribution is 0.0602. The number of carbonyl (C=O) groups excluding carboxylic acids is 2. The Kier molecular flexibility index (Phi) is 6.59. The molecule has 0 radical (unpaired) electrons. The third-order valence-electron chi connectivity index (χ3n) is 3.42. The van der Waals surface area contributed by atoms with Gasteiger partial charge in [0.2, 0.25) is 0 Å². The number of nitrogens with one attached hydrogen (secondary N) is 1. The van der Waals surface area contributed by atoms with E-state index in [9.17, 15) is 9.59 Å². The first-order valence-electron chi connectivity index (χ1n) is 7.69. The molecule has 2 aromatic rings. The third kappa shape index (κ3) is 5.39. The summed E-state index contributed by atoms with van der Waals surface area (Å²) in [6.45, 7) is 0.486. The highest BCUT2D eigenvalue weighted by molar-refractivity contribution is 5.97. The number of hydrogen-bond acceptors (Lipinski definition) is 5. The van der Waals surface area contributed by atoms with E-state index in [-0.39, 0.29) is 13.2 Å². The van der Waals surface area contributed by atoms with Crippen LogP contribution < -0.4 is 11.1 Å². The number of para-hydroxylation sites is 1. The summed E-state index contributed by atoms with van der Waals surface area (Å²) in [7, 11) is 1.30. The van der Waals surface area contributed by atoms with Crippen LogP contribution in [0.15, 0.2) is 54.6 Å². The van der Waals surface area contributed by atoms with E-state index >= 15 is 0 Å². The zero-order valence-corrected chi connectivity index (χ0v) is 13.9. The summed E-state index contributed by atoms with van der Waals surface area (Å²) in [5.74, 6) is -0.490. The lowest BCUT2D eigenvalue weighted by Gasteiger charge is -2.07. The van der Waals surface area contributed by atoms with Gasteiger partial charge in [-0.2, -0.15) is 0 Å². The average Bonchev–Trinajstić information content (AvgIpc) is 2.65. The number of methoxy groups -OCH3 is 1. The molecule has 0 fully saturated rings. The van der Waals surface area contributed by atoms with Crippen molar-refractivity contribution in [3.05, 3.63) is 71.3 Å². The van der Waals surface area contributed by atoms with Crippen molar-refractivity contribution >= 4 is 23.8 Å². The number of amides is 1. The maximum absolute atomic E-state index is 11.6. The van der Waals surface area contributed by atoms with Gasteiger partial charge < -0.3 is 20.5 Å². The van der Waals surface area contributed by atoms with E-state index in [0.717, 1.165) is 5.56 Å². The van der Waals surface area contributed by atoms with Gasteiger partial charge in [-0.15, -0.1) is 0 Å². The number of hydrogen-bond donors (Lipinski definition) is 2. The van der Waals surface area contributed by atoms with Gasteiger partial charge >= 0.3 is 12.1 Å². The lowest BCUT2D eigenvalue weighted by atomic mass is 10.1. The predicted octanol–water partition coefficient (Wildman–Crippen LogP) is 3.00. The van der Waals surface area contributed by atoms with Crippen LogP contribution in [-0.4, -0.2) is 25.7 Å². The smallest absolute Gasteiger partial charge is 0.407 e. The van der Waals surface area contributed by atoms with Gasteiger partial charge in [-0.1, -0.05) is 54.6 Å². The topological polar surface area (TPSA) is 90.6 Å². The minimum atomic E-state index is -0.509. The molecule has 0 aromatic heterocycles. The van der Waals surface area contributed by atoms with Crippen LogP contribution in [-0.2, 0) is 16.1 Å². The van der Waals surface area contributed by atoms with E-state index in [1.165, 1.54) is 7.11 Å². The number of alkyl carbamates (subject to hydrolysis) is 1. The Morgan fingerprint density at radius 3 is 2.60 bits per heavy atom. The highest BCUT2D eigenvalue weighted by Crippen LogP contribution is 2.19. The molecule has 0 atom stereocenters. The summed E-state index contributed by atoms with van der Waals surface area (Å²) in [6.07, 6.45) is 2.93. The summed E-state index contributed by atoms with van der Waals surface area (Å²) in [5.41, 5.74) is 8.17. The molecule has 0 aliphatic carbocycles. The fraction of sp³-hybridized carbons (Fsp3) is 0.158. The molecule has 2 rings (SSSR count). The second kappa shape index (κ2) is 9.12. The molecule has 3 N–H and O–H groups in total. The first-order chi connectivity index (χ1) is 12.1. The molecule has 1 amide bonds. The molecule has 0 bridgehead atoms. The van der Waals surface area contributed by atoms with E-state index in [2.05, 4.69) is 10.1 Å². The Bertz CT molecular complexity index is 757. The number of benzene rings is 2. The van der Waals surface area contributed by atoms with Crippen molar-refractivity contribution in [2.75, 3.05) is 19.4 Å². The van der Waals surface area contributed by atoms with E-state index in [1.807, 2.05) is 30.3 Å². The molecule has 0 heterocycles. The molecule has 0 unspecified atom stereocenters. The Labute approximate surface area is 146 Å². The molecule has 0 saturated carbocycles. The molecule has 0 spiro atoms. The van der Waals surface area contributed by atoms with Gasteiger partial charge in [0.25, 0.3) is 0 Å². The molecule has 6 heteroatoms. The van der Waals surface area contributed by atoms with Gasteiger partial charge in [0, 0.05) is 6.54 Å². The van der Waals surface area contributed by atoms with Crippen molar-refractivity contribution in [3.63, 3.8) is 0 Å². The first-order valence-corrected chi connectivity index (χ1v) is 7.69. The number of ether oxygens (including phenoxy) is 2. The normalized spacial score (nSPS) is 10.4. The van der Waals surface area contributed by atoms with Crippen LogP contribution in [0, 0.1) is 0 Å². The van der Waals surface area contributed by atoms with Crippen LogP contribution in [0.1, 0.15) is 21.5 Å². The molecule has 130 valence electrons. The molecule has 25 heavy (non-hydrogen) atoms. The lowest BCUT2D eigenvalue weighted by Crippen LogP contribution is -2.24. The van der Waals surface area contributed by atoms with E-state index in [0.29, 0.717) is 16.8 Å². The minimum absolute atomic E-state index is 0.213. The molecule has 0 aliphatic heterocycles. The minimum Gasteiger partial charge on any atom is -0.465 e. The van der Waals surface area contributed by atoms with E-state index in [4.69, 9.17) is 10.5 Å². The van der Waals surface area contributed by atoms with Crippen LogP contribution in [0.3, 0.4) is 0 Å². The standard InChI is InChI=1S/C19H20N2O4/c1-24-18(22)16-11-5-9-15(17(16)20)10-6-12-21-19(23)25-13-14-7-3-2-4-8-14/h2-11H,12-13,20H2,1H3,(H,21,23). The number of nitrogens with two attached hydrogens (primary N) is 1. The monoisotopic (exact) mass is 340 g/mol. The van der Waals surface area contributed by atoms with Crippen molar-refractivity contribution in [1.82, 2.24) is 5.32 Å². The largest absolute Gasteiger partial charge is 0.465 e. The predicted molar refractivity (Wildman–Crippen MR) is 95.9 cm³/mol. The molecule has 0 saturated heterocycles. The SMILES string of the molecule is COC(=O)c1cccc(C=CCNC(=O)OCc2ccccc2)c1N. The van der Waals surface area contributed by atoms with Gasteiger partial charge in [-0.3, -0.25) is 0 Å². The quantitative estimate of drug-likeness (QED) is 0.623. The van der Waals surface area contributed by atoms with Crippen LogP contribution in [0.25, 0.3) is 6.08 Å². The van der Waals surface area contributed by atoms with Crippen LogP contribution >= 0.6 is 0 Å². The van der Waals surface area contributed by atoms with Crippen molar-refractivity contribution < 1.29 is 19.1 Å². The van der Waals surface area contributed by atoms with Crippen molar-refractivity contribution in [3.8, 4) is 0 Å². The summed E-state index contributed by atoms with van der Waals surface area (Å²) >= 11 is 0. The molecular formula is C19H20N2O4. The number of rotatable bonds is 6. The summed E-state index contributed by atoms with van der Waals surface area (Å²) in [6, 6.07) is 14.5. The Hall–Kier alpha value is -3.28. The second-order valence-electron chi connectivity index (χ2n) is 5.15. The maximum atomic E-state index is 11.6. The van der Waals surface area contributed by atoms with Crippen LogP contribution in [0.4, 0.5) is 10.5 Å². The number of anilines is 1. The molecule has 0 aliphatic rings. The fourth-order valence-corrected chi connectivity index (χ4v) is 2.12. The van der Waals surface area contributed by atoms with Crippen LogP contribution in [0.2, 0.25) is 0 Å². The second-order valence-corrected chi connectivity index (χ2v) is 5.15. The van der Waals surface area contributed by atoms with E-state index in [1.54, 1.807) is 30.4 Å². The van der Waals surface area contributed by atoms with Gasteiger partial charge in [-0.05, 0) is 17.2 Å². The van der Waals surface area contributed by atoms with Gasteiger partial charge in [0.1, 0.15) is 6.61 Å². The van der Waals surface area contributed by atoms with Crippen molar-refractivity contribution in [2.45, 2.75) is 6.61 Å². The summed E-state index contributed by atoms with van der Waals surface area (Å²) < 4.78 is 9.78. The highest BCUT2D eigenvalue weighted by atomic mass is 16.5. The Balaban J connectivity index is 1.83. The zero-order chi connectivity index (χ0) is 18.1. The maximum Gasteiger partial charge on any atom is 0.407 e. The number of nitrogen functional groups attached to an aromatic ring is 1. The van der Waals surface area contributed by atoms with Gasteiger partial charge in [-0.25, -0.2) is 9.59 Å². The summed E-state index contributed by atoms with van der Waals surface area (Å²) in [4.78, 5) is 23.2. The van der Waals surface area contributed by atoms with Crippen molar-refractivity contribution in [1.29, 1.82) is 0 Å². The number of esters is 1. The average molecular weight is 340 g/mol. The Morgan fingerprint density at radius 1 is 1.12 bits per heavy atom. The van der Waals surface area contributed by atoms with Gasteiger partial charge in [0.05, 0.1) is 18.4 Å².